The number of carbonyl (C=O) groups excluding carboxylic acids is 1. The van der Waals surface area contributed by atoms with Gasteiger partial charge in [-0.15, -0.1) is 0 Å². The summed E-state index contributed by atoms with van der Waals surface area (Å²) in [6.07, 6.45) is 3.24. The average molecular weight is 240 g/mol. The molecule has 2 saturated heterocycles. The minimum atomic E-state index is -0.391. The Hall–Kier alpha value is -0.770. The van der Waals surface area contributed by atoms with Gasteiger partial charge in [0.2, 0.25) is 0 Å². The lowest BCUT2D eigenvalue weighted by molar-refractivity contribution is 0.0204. The summed E-state index contributed by atoms with van der Waals surface area (Å²) in [4.78, 5) is 14.1. The van der Waals surface area contributed by atoms with Crippen molar-refractivity contribution in [3.8, 4) is 0 Å². The molecule has 0 spiro atoms. The van der Waals surface area contributed by atoms with E-state index >= 15 is 0 Å². The van der Waals surface area contributed by atoms with Crippen LogP contribution in [0.25, 0.3) is 0 Å². The van der Waals surface area contributed by atoms with E-state index in [0.717, 1.165) is 38.9 Å². The molecular weight excluding hydrogens is 216 g/mol. The fourth-order valence-corrected chi connectivity index (χ4v) is 2.82. The Kier molecular flexibility index (Phi) is 3.61. The molecule has 0 saturated carbocycles. The maximum absolute atomic E-state index is 12.1. The molecule has 2 atom stereocenters. The summed E-state index contributed by atoms with van der Waals surface area (Å²) in [7, 11) is 0. The van der Waals surface area contributed by atoms with E-state index < -0.39 is 5.60 Å². The Balaban J connectivity index is 1.99. The highest BCUT2D eigenvalue weighted by atomic mass is 16.6. The van der Waals surface area contributed by atoms with Crippen molar-refractivity contribution in [1.82, 2.24) is 10.2 Å². The van der Waals surface area contributed by atoms with Gasteiger partial charge >= 0.3 is 6.09 Å². The Labute approximate surface area is 104 Å². The molecule has 2 fully saturated rings. The minimum Gasteiger partial charge on any atom is -0.444 e. The summed E-state index contributed by atoms with van der Waals surface area (Å²) in [5.41, 5.74) is -0.391. The molecule has 2 aliphatic heterocycles. The zero-order valence-corrected chi connectivity index (χ0v) is 11.2. The smallest absolute Gasteiger partial charge is 0.410 e. The highest BCUT2D eigenvalue weighted by Gasteiger charge is 2.39. The van der Waals surface area contributed by atoms with Gasteiger partial charge in [0.15, 0.2) is 0 Å². The van der Waals surface area contributed by atoms with Crippen LogP contribution in [0.2, 0.25) is 0 Å². The van der Waals surface area contributed by atoms with Gasteiger partial charge in [0.25, 0.3) is 0 Å². The second-order valence-electron chi connectivity index (χ2n) is 6.14. The summed E-state index contributed by atoms with van der Waals surface area (Å²) in [5, 5.41) is 3.45. The number of fused-ring (bicyclic) bond motifs is 1. The van der Waals surface area contributed by atoms with Crippen LogP contribution in [-0.2, 0) is 4.74 Å². The third-order valence-corrected chi connectivity index (χ3v) is 3.57. The van der Waals surface area contributed by atoms with Crippen molar-refractivity contribution in [2.24, 2.45) is 5.92 Å². The fraction of sp³-hybridized carbons (Fsp3) is 0.923. The molecule has 1 N–H and O–H groups in total. The largest absolute Gasteiger partial charge is 0.444 e. The van der Waals surface area contributed by atoms with Gasteiger partial charge in [-0.05, 0) is 59.0 Å². The van der Waals surface area contributed by atoms with E-state index in [2.05, 4.69) is 5.32 Å². The second-order valence-corrected chi connectivity index (χ2v) is 6.14. The summed E-state index contributed by atoms with van der Waals surface area (Å²) < 4.78 is 5.48. The van der Waals surface area contributed by atoms with Crippen molar-refractivity contribution in [1.29, 1.82) is 0 Å². The normalized spacial score (nSPS) is 29.7. The minimum absolute atomic E-state index is 0.132. The Bertz CT molecular complexity index is 286. The van der Waals surface area contributed by atoms with Crippen LogP contribution >= 0.6 is 0 Å². The van der Waals surface area contributed by atoms with Gasteiger partial charge in [-0.25, -0.2) is 4.79 Å². The summed E-state index contributed by atoms with van der Waals surface area (Å²) in [6.45, 7) is 8.75. The number of ether oxygens (including phenoxy) is 1. The fourth-order valence-electron chi connectivity index (χ4n) is 2.82. The Morgan fingerprint density at radius 1 is 1.35 bits per heavy atom. The van der Waals surface area contributed by atoms with Crippen molar-refractivity contribution in [2.45, 2.75) is 51.7 Å². The molecule has 0 aromatic rings. The highest BCUT2D eigenvalue weighted by Crippen LogP contribution is 2.30. The molecule has 1 amide bonds. The van der Waals surface area contributed by atoms with Crippen LogP contribution < -0.4 is 5.32 Å². The molecule has 0 aliphatic carbocycles. The molecule has 2 unspecified atom stereocenters. The number of hydrogen-bond donors (Lipinski definition) is 1. The third-order valence-electron chi connectivity index (χ3n) is 3.57. The van der Waals surface area contributed by atoms with Crippen molar-refractivity contribution in [3.05, 3.63) is 0 Å². The van der Waals surface area contributed by atoms with Crippen LogP contribution in [0.5, 0.6) is 0 Å². The number of likely N-dealkylation sites (tertiary alicyclic amines) is 1. The molecule has 2 heterocycles. The van der Waals surface area contributed by atoms with E-state index in [1.807, 2.05) is 25.7 Å². The van der Waals surface area contributed by atoms with Crippen LogP contribution in [0.3, 0.4) is 0 Å². The molecular formula is C13H24N2O2. The molecule has 2 aliphatic rings. The number of nitrogens with one attached hydrogen (secondary N) is 1. The standard InChI is InChI=1S/C13H24N2O2/c1-13(2,3)17-12(16)15-8-6-10-9-14-7-4-5-11(10)15/h10-11,14H,4-9H2,1-3H3. The lowest BCUT2D eigenvalue weighted by atomic mass is 9.98. The highest BCUT2D eigenvalue weighted by molar-refractivity contribution is 5.69. The zero-order chi connectivity index (χ0) is 12.5. The number of hydrogen-bond acceptors (Lipinski definition) is 3. The van der Waals surface area contributed by atoms with Gasteiger partial charge in [0.05, 0.1) is 0 Å². The van der Waals surface area contributed by atoms with Crippen LogP contribution in [0, 0.1) is 5.92 Å². The maximum atomic E-state index is 12.1. The van der Waals surface area contributed by atoms with E-state index in [1.165, 1.54) is 0 Å². The van der Waals surface area contributed by atoms with E-state index in [1.54, 1.807) is 0 Å². The second kappa shape index (κ2) is 4.84. The van der Waals surface area contributed by atoms with Gasteiger partial charge in [-0.1, -0.05) is 0 Å². The van der Waals surface area contributed by atoms with E-state index in [4.69, 9.17) is 4.74 Å². The molecule has 98 valence electrons. The quantitative estimate of drug-likeness (QED) is 0.704. The van der Waals surface area contributed by atoms with Crippen LogP contribution in [0.4, 0.5) is 4.79 Å². The van der Waals surface area contributed by atoms with Crippen LogP contribution in [-0.4, -0.2) is 42.3 Å². The van der Waals surface area contributed by atoms with Crippen molar-refractivity contribution in [2.75, 3.05) is 19.6 Å². The predicted molar refractivity (Wildman–Crippen MR) is 66.9 cm³/mol. The maximum Gasteiger partial charge on any atom is 0.410 e. The number of carbonyl (C=O) groups is 1. The summed E-state index contributed by atoms with van der Waals surface area (Å²) in [5.74, 6) is 0.616. The van der Waals surface area contributed by atoms with Crippen molar-refractivity contribution >= 4 is 6.09 Å². The molecule has 17 heavy (non-hydrogen) atoms. The van der Waals surface area contributed by atoms with E-state index in [-0.39, 0.29) is 6.09 Å². The summed E-state index contributed by atoms with van der Waals surface area (Å²) in [6, 6.07) is 0.389. The Morgan fingerprint density at radius 3 is 2.82 bits per heavy atom. The number of rotatable bonds is 0. The monoisotopic (exact) mass is 240 g/mol. The molecule has 0 aromatic carbocycles. The first-order valence-corrected chi connectivity index (χ1v) is 6.68. The lowest BCUT2D eigenvalue weighted by Crippen LogP contribution is -2.41. The molecule has 0 bridgehead atoms. The van der Waals surface area contributed by atoms with Gasteiger partial charge < -0.3 is 15.0 Å². The molecule has 0 aromatic heterocycles. The topological polar surface area (TPSA) is 41.6 Å². The molecule has 2 rings (SSSR count). The molecule has 0 radical (unpaired) electrons. The SMILES string of the molecule is CC(C)(C)OC(=O)N1CCC2CNCCCC21. The number of amides is 1. The zero-order valence-electron chi connectivity index (χ0n) is 11.2. The summed E-state index contributed by atoms with van der Waals surface area (Å²) >= 11 is 0. The van der Waals surface area contributed by atoms with Crippen molar-refractivity contribution < 1.29 is 9.53 Å². The lowest BCUT2D eigenvalue weighted by Gasteiger charge is -2.29. The number of nitrogens with zero attached hydrogens (tertiary/aromatic N) is 1. The first-order chi connectivity index (χ1) is 7.97. The van der Waals surface area contributed by atoms with Gasteiger partial charge in [-0.2, -0.15) is 0 Å². The van der Waals surface area contributed by atoms with Crippen LogP contribution in [0.15, 0.2) is 0 Å². The van der Waals surface area contributed by atoms with E-state index in [9.17, 15) is 4.79 Å². The van der Waals surface area contributed by atoms with Crippen molar-refractivity contribution in [3.63, 3.8) is 0 Å². The van der Waals surface area contributed by atoms with Gasteiger partial charge in [0.1, 0.15) is 5.60 Å². The van der Waals surface area contributed by atoms with E-state index in [0.29, 0.717) is 12.0 Å². The van der Waals surface area contributed by atoms with Crippen LogP contribution in [0.1, 0.15) is 40.0 Å². The third kappa shape index (κ3) is 3.12. The first kappa shape index (κ1) is 12.7. The average Bonchev–Trinajstić information content (AvgIpc) is 2.46. The molecule has 4 nitrogen and oxygen atoms in total. The van der Waals surface area contributed by atoms with Gasteiger partial charge in [-0.3, -0.25) is 0 Å². The van der Waals surface area contributed by atoms with Gasteiger partial charge in [0, 0.05) is 12.6 Å². The predicted octanol–water partition coefficient (Wildman–Crippen LogP) is 2.00. The molecule has 4 heteroatoms. The Morgan fingerprint density at radius 2 is 2.12 bits per heavy atom. The first-order valence-electron chi connectivity index (χ1n) is 6.68.